The minimum absolute atomic E-state index is 0.171. The molecule has 0 atom stereocenters. The Kier molecular flexibility index (Phi) is 7.72. The normalized spacial score (nSPS) is 15.0. The van der Waals surface area contributed by atoms with Crippen molar-refractivity contribution in [1.29, 1.82) is 0 Å². The summed E-state index contributed by atoms with van der Waals surface area (Å²) < 4.78 is 4.71. The topological polar surface area (TPSA) is 73.9 Å². The summed E-state index contributed by atoms with van der Waals surface area (Å²) in [5, 5.41) is 5.71. The number of esters is 1. The monoisotopic (exact) mass is 362 g/mol. The van der Waals surface area contributed by atoms with Crippen LogP contribution in [-0.2, 0) is 9.53 Å². The Bertz CT molecular complexity index is 581. The van der Waals surface area contributed by atoms with Gasteiger partial charge in [0.2, 0.25) is 0 Å². The van der Waals surface area contributed by atoms with Crippen molar-refractivity contribution < 1.29 is 14.3 Å². The molecule has 2 amide bonds. The Hall–Kier alpha value is -2.28. The van der Waals surface area contributed by atoms with Crippen LogP contribution in [0.25, 0.3) is 0 Å². The summed E-state index contributed by atoms with van der Waals surface area (Å²) in [6, 6.07) is 7.69. The Balaban J connectivity index is 1.77. The van der Waals surface area contributed by atoms with E-state index in [1.54, 1.807) is 0 Å². The number of carbonyl (C=O) groups is 2. The van der Waals surface area contributed by atoms with E-state index in [0.29, 0.717) is 19.0 Å². The number of nitrogens with zero attached hydrogens (tertiary/aromatic N) is 2. The molecule has 2 rings (SSSR count). The van der Waals surface area contributed by atoms with Gasteiger partial charge < -0.3 is 20.3 Å². The first-order chi connectivity index (χ1) is 12.5. The van der Waals surface area contributed by atoms with Gasteiger partial charge in [-0.1, -0.05) is 13.8 Å². The lowest BCUT2D eigenvalue weighted by molar-refractivity contribution is -0.142. The number of urea groups is 1. The number of rotatable bonds is 7. The predicted octanol–water partition coefficient (Wildman–Crippen LogP) is 2.15. The Morgan fingerprint density at radius 3 is 2.35 bits per heavy atom. The molecule has 1 saturated heterocycles. The molecule has 1 aliphatic heterocycles. The van der Waals surface area contributed by atoms with Crippen molar-refractivity contribution in [2.24, 2.45) is 5.92 Å². The molecule has 0 unspecified atom stereocenters. The number of nitrogens with one attached hydrogen (secondary N) is 2. The number of amides is 2. The molecule has 7 heteroatoms. The first kappa shape index (κ1) is 20.0. The Morgan fingerprint density at radius 2 is 1.77 bits per heavy atom. The van der Waals surface area contributed by atoms with Gasteiger partial charge in [-0.3, -0.25) is 9.69 Å². The summed E-state index contributed by atoms with van der Waals surface area (Å²) in [6.45, 7) is 8.66. The number of methoxy groups -OCH3 is 1. The van der Waals surface area contributed by atoms with Gasteiger partial charge in [0.25, 0.3) is 0 Å². The number of piperazine rings is 1. The van der Waals surface area contributed by atoms with Crippen LogP contribution in [0.1, 0.15) is 20.3 Å². The molecule has 1 heterocycles. The highest BCUT2D eigenvalue weighted by atomic mass is 16.5. The molecular weight excluding hydrogens is 332 g/mol. The quantitative estimate of drug-likeness (QED) is 0.727. The number of hydrogen-bond acceptors (Lipinski definition) is 5. The summed E-state index contributed by atoms with van der Waals surface area (Å²) in [5.74, 6) is 0.378. The maximum absolute atomic E-state index is 11.9. The van der Waals surface area contributed by atoms with Crippen molar-refractivity contribution in [2.75, 3.05) is 56.6 Å². The second-order valence-electron chi connectivity index (χ2n) is 6.95. The van der Waals surface area contributed by atoms with Crippen molar-refractivity contribution in [3.05, 3.63) is 24.3 Å². The van der Waals surface area contributed by atoms with Crippen LogP contribution < -0.4 is 15.5 Å². The SMILES string of the molecule is COC(=O)CN1CCN(c2ccc(NC(=O)NCCC(C)C)cc2)CC1. The van der Waals surface area contributed by atoms with Gasteiger partial charge in [-0.25, -0.2) is 4.79 Å². The van der Waals surface area contributed by atoms with Gasteiger partial charge in [0.05, 0.1) is 13.7 Å². The maximum atomic E-state index is 11.9. The van der Waals surface area contributed by atoms with Crippen LogP contribution in [0, 0.1) is 5.92 Å². The third-order valence-electron chi connectivity index (χ3n) is 4.45. The molecule has 0 bridgehead atoms. The van der Waals surface area contributed by atoms with Crippen LogP contribution in [0.4, 0.5) is 16.2 Å². The minimum Gasteiger partial charge on any atom is -0.468 e. The first-order valence-electron chi connectivity index (χ1n) is 9.17. The third-order valence-corrected chi connectivity index (χ3v) is 4.45. The lowest BCUT2D eigenvalue weighted by Gasteiger charge is -2.35. The molecule has 0 spiro atoms. The average molecular weight is 362 g/mol. The number of benzene rings is 1. The second kappa shape index (κ2) is 10.0. The van der Waals surface area contributed by atoms with Crippen LogP contribution in [0.5, 0.6) is 0 Å². The lowest BCUT2D eigenvalue weighted by Crippen LogP contribution is -2.48. The second-order valence-corrected chi connectivity index (χ2v) is 6.95. The van der Waals surface area contributed by atoms with E-state index in [4.69, 9.17) is 4.74 Å². The van der Waals surface area contributed by atoms with E-state index in [-0.39, 0.29) is 12.0 Å². The van der Waals surface area contributed by atoms with Crippen LogP contribution in [0.15, 0.2) is 24.3 Å². The zero-order valence-corrected chi connectivity index (χ0v) is 16.0. The van der Waals surface area contributed by atoms with Gasteiger partial charge in [-0.2, -0.15) is 0 Å². The van der Waals surface area contributed by atoms with Gasteiger partial charge >= 0.3 is 12.0 Å². The van der Waals surface area contributed by atoms with Crippen LogP contribution in [-0.4, -0.2) is 63.3 Å². The lowest BCUT2D eigenvalue weighted by atomic mass is 10.1. The molecule has 2 N–H and O–H groups in total. The minimum atomic E-state index is -0.194. The number of hydrogen-bond donors (Lipinski definition) is 2. The molecule has 0 aliphatic carbocycles. The molecule has 0 saturated carbocycles. The molecule has 7 nitrogen and oxygen atoms in total. The van der Waals surface area contributed by atoms with E-state index in [0.717, 1.165) is 44.0 Å². The fourth-order valence-corrected chi connectivity index (χ4v) is 2.82. The largest absolute Gasteiger partial charge is 0.468 e. The number of ether oxygens (including phenoxy) is 1. The average Bonchev–Trinajstić information content (AvgIpc) is 2.62. The molecule has 0 aromatic heterocycles. The highest BCUT2D eigenvalue weighted by Crippen LogP contribution is 2.19. The zero-order chi connectivity index (χ0) is 18.9. The van der Waals surface area contributed by atoms with Crippen molar-refractivity contribution in [1.82, 2.24) is 10.2 Å². The number of anilines is 2. The van der Waals surface area contributed by atoms with Gasteiger partial charge in [0, 0.05) is 44.1 Å². The van der Waals surface area contributed by atoms with Crippen molar-refractivity contribution in [2.45, 2.75) is 20.3 Å². The predicted molar refractivity (Wildman–Crippen MR) is 104 cm³/mol. The molecule has 0 radical (unpaired) electrons. The molecule has 1 fully saturated rings. The van der Waals surface area contributed by atoms with Crippen LogP contribution >= 0.6 is 0 Å². The molecule has 1 aromatic rings. The standard InChI is InChI=1S/C19H30N4O3/c1-15(2)8-9-20-19(25)21-16-4-6-17(7-5-16)23-12-10-22(11-13-23)14-18(24)26-3/h4-7,15H,8-14H2,1-3H3,(H2,20,21,25). The van der Waals surface area contributed by atoms with Crippen molar-refractivity contribution in [3.8, 4) is 0 Å². The summed E-state index contributed by atoms with van der Waals surface area (Å²) in [7, 11) is 1.42. The van der Waals surface area contributed by atoms with Crippen molar-refractivity contribution in [3.63, 3.8) is 0 Å². The Labute approximate surface area is 155 Å². The van der Waals surface area contributed by atoms with Crippen molar-refractivity contribution >= 4 is 23.4 Å². The number of carbonyl (C=O) groups excluding carboxylic acids is 2. The maximum Gasteiger partial charge on any atom is 0.319 e. The van der Waals surface area contributed by atoms with Crippen LogP contribution in [0.3, 0.4) is 0 Å². The Morgan fingerprint density at radius 1 is 1.12 bits per heavy atom. The highest BCUT2D eigenvalue weighted by molar-refractivity contribution is 5.89. The summed E-state index contributed by atoms with van der Waals surface area (Å²) in [5.41, 5.74) is 1.90. The summed E-state index contributed by atoms with van der Waals surface area (Å²) in [4.78, 5) is 27.6. The van der Waals surface area contributed by atoms with Crippen LogP contribution in [0.2, 0.25) is 0 Å². The summed E-state index contributed by atoms with van der Waals surface area (Å²) in [6.07, 6.45) is 0.967. The van der Waals surface area contributed by atoms with E-state index in [1.165, 1.54) is 7.11 Å². The van der Waals surface area contributed by atoms with Gasteiger partial charge in [0.1, 0.15) is 0 Å². The van der Waals surface area contributed by atoms with E-state index in [9.17, 15) is 9.59 Å². The third kappa shape index (κ3) is 6.55. The molecule has 1 aliphatic rings. The summed E-state index contributed by atoms with van der Waals surface area (Å²) >= 11 is 0. The molecular formula is C19H30N4O3. The van der Waals surface area contributed by atoms with E-state index in [1.807, 2.05) is 24.3 Å². The van der Waals surface area contributed by atoms with E-state index < -0.39 is 0 Å². The molecule has 1 aromatic carbocycles. The highest BCUT2D eigenvalue weighted by Gasteiger charge is 2.19. The van der Waals surface area contributed by atoms with Gasteiger partial charge in [0.15, 0.2) is 0 Å². The van der Waals surface area contributed by atoms with Gasteiger partial charge in [-0.05, 0) is 36.6 Å². The molecule has 26 heavy (non-hydrogen) atoms. The van der Waals surface area contributed by atoms with E-state index >= 15 is 0 Å². The van der Waals surface area contributed by atoms with Gasteiger partial charge in [-0.15, -0.1) is 0 Å². The first-order valence-corrected chi connectivity index (χ1v) is 9.17. The zero-order valence-electron chi connectivity index (χ0n) is 16.0. The van der Waals surface area contributed by atoms with E-state index in [2.05, 4.69) is 34.3 Å². The fraction of sp³-hybridized carbons (Fsp3) is 0.579. The smallest absolute Gasteiger partial charge is 0.319 e. The molecule has 144 valence electrons. The fourth-order valence-electron chi connectivity index (χ4n) is 2.82.